The molecule has 0 saturated carbocycles. The molecule has 3 aromatic rings. The highest BCUT2D eigenvalue weighted by molar-refractivity contribution is 5.91. The van der Waals surface area contributed by atoms with Crippen molar-refractivity contribution >= 4 is 46.7 Å². The lowest BCUT2D eigenvalue weighted by Gasteiger charge is -2.41. The Morgan fingerprint density at radius 2 is 1.57 bits per heavy atom. The lowest BCUT2D eigenvalue weighted by atomic mass is 9.78. The molecule has 16 heteroatoms. The summed E-state index contributed by atoms with van der Waals surface area (Å²) in [5.74, 6) is 0.00943. The Bertz CT molecular complexity index is 2110. The first-order valence-corrected chi connectivity index (χ1v) is 21.8. The SMILES string of the molecule is Cc1cc(C[C@@H](OC(=O)N2CCC(N3CCc4ccccc4NC3=O)CC2)C(=O)N2CCC(C3CCN(CC(=O)OCCN4CCCC4=O)CC3)CC2)cc2oc(=O)[nH]c12. The summed E-state index contributed by atoms with van der Waals surface area (Å²) in [6.07, 6.45) is 5.49. The highest BCUT2D eigenvalue weighted by atomic mass is 16.6. The summed E-state index contributed by atoms with van der Waals surface area (Å²) < 4.78 is 16.9. The molecule has 0 spiro atoms. The Hall–Kier alpha value is -5.38. The van der Waals surface area contributed by atoms with E-state index >= 15 is 0 Å². The number of likely N-dealkylation sites (tertiary alicyclic amines) is 4. The van der Waals surface area contributed by atoms with Gasteiger partial charge in [-0.1, -0.05) is 24.3 Å². The number of piperidine rings is 3. The average Bonchev–Trinajstić information content (AvgIpc) is 3.80. The van der Waals surface area contributed by atoms with E-state index in [9.17, 15) is 28.8 Å². The number of fused-ring (bicyclic) bond motifs is 2. The molecule has 5 aliphatic heterocycles. The van der Waals surface area contributed by atoms with Crippen LogP contribution in [0, 0.1) is 18.8 Å². The molecule has 0 unspecified atom stereocenters. The van der Waals surface area contributed by atoms with Crippen LogP contribution in [0.2, 0.25) is 0 Å². The molecule has 5 aliphatic rings. The number of ether oxygens (including phenoxy) is 2. The number of urea groups is 1. The Labute approximate surface area is 349 Å². The number of nitrogens with one attached hydrogen (secondary N) is 2. The van der Waals surface area contributed by atoms with Crippen molar-refractivity contribution in [1.29, 1.82) is 0 Å². The Kier molecular flexibility index (Phi) is 12.7. The van der Waals surface area contributed by atoms with E-state index in [1.807, 2.05) is 47.1 Å². The normalized spacial score (nSPS) is 20.6. The number of benzene rings is 2. The zero-order valence-electron chi connectivity index (χ0n) is 34.5. The molecule has 5 amide bonds. The van der Waals surface area contributed by atoms with E-state index in [-0.39, 0.29) is 49.4 Å². The van der Waals surface area contributed by atoms with Crippen LogP contribution in [-0.2, 0) is 36.7 Å². The van der Waals surface area contributed by atoms with Crippen LogP contribution < -0.4 is 11.1 Å². The van der Waals surface area contributed by atoms with Crippen molar-refractivity contribution in [2.75, 3.05) is 77.4 Å². The molecule has 1 atom stereocenters. The number of hydrogen-bond donors (Lipinski definition) is 2. The number of aromatic amines is 1. The molecule has 4 saturated heterocycles. The molecule has 2 N–H and O–H groups in total. The lowest BCUT2D eigenvalue weighted by Crippen LogP contribution is -2.52. The van der Waals surface area contributed by atoms with Gasteiger partial charge in [-0.2, -0.15) is 0 Å². The van der Waals surface area contributed by atoms with Crippen molar-refractivity contribution in [1.82, 2.24) is 29.5 Å². The Morgan fingerprint density at radius 1 is 0.850 bits per heavy atom. The van der Waals surface area contributed by atoms with Gasteiger partial charge in [0.2, 0.25) is 5.91 Å². The maximum absolute atomic E-state index is 14.3. The molecular weight excluding hydrogens is 771 g/mol. The van der Waals surface area contributed by atoms with Gasteiger partial charge in [-0.05, 0) is 112 Å². The van der Waals surface area contributed by atoms with Gasteiger partial charge in [-0.3, -0.25) is 24.3 Å². The molecule has 0 bridgehead atoms. The number of amides is 5. The Morgan fingerprint density at radius 3 is 2.30 bits per heavy atom. The predicted octanol–water partition coefficient (Wildman–Crippen LogP) is 4.15. The van der Waals surface area contributed by atoms with Crippen molar-refractivity contribution in [3.8, 4) is 0 Å². The second-order valence-corrected chi connectivity index (χ2v) is 17.1. The maximum atomic E-state index is 14.3. The van der Waals surface area contributed by atoms with Crippen LogP contribution in [0.5, 0.6) is 0 Å². The number of carbonyl (C=O) groups is 5. The zero-order valence-corrected chi connectivity index (χ0v) is 34.5. The molecule has 1 aromatic heterocycles. The molecule has 322 valence electrons. The lowest BCUT2D eigenvalue weighted by molar-refractivity contribution is -0.147. The number of oxazole rings is 1. The van der Waals surface area contributed by atoms with Gasteiger partial charge in [0.15, 0.2) is 11.7 Å². The van der Waals surface area contributed by atoms with Gasteiger partial charge < -0.3 is 38.8 Å². The molecule has 0 radical (unpaired) electrons. The molecule has 8 rings (SSSR count). The van der Waals surface area contributed by atoms with E-state index in [2.05, 4.69) is 15.2 Å². The number of esters is 1. The number of nitrogens with zero attached hydrogens (tertiary/aromatic N) is 5. The third-order valence-electron chi connectivity index (χ3n) is 13.3. The van der Waals surface area contributed by atoms with Gasteiger partial charge in [0, 0.05) is 63.8 Å². The monoisotopic (exact) mass is 827 g/mol. The topological polar surface area (TPSA) is 178 Å². The van der Waals surface area contributed by atoms with Crippen molar-refractivity contribution in [3.63, 3.8) is 0 Å². The van der Waals surface area contributed by atoms with Crippen LogP contribution in [0.4, 0.5) is 15.3 Å². The summed E-state index contributed by atoms with van der Waals surface area (Å²) in [5, 5.41) is 3.04. The number of para-hydroxylation sites is 1. The van der Waals surface area contributed by atoms with Gasteiger partial charge in [0.05, 0.1) is 18.6 Å². The predicted molar refractivity (Wildman–Crippen MR) is 221 cm³/mol. The second kappa shape index (κ2) is 18.5. The molecule has 0 aliphatic carbocycles. The number of rotatable bonds is 11. The van der Waals surface area contributed by atoms with E-state index in [1.165, 1.54) is 0 Å². The fourth-order valence-corrected chi connectivity index (χ4v) is 9.92. The molecular formula is C44H57N7O9. The number of anilines is 1. The fourth-order valence-electron chi connectivity index (χ4n) is 9.92. The van der Waals surface area contributed by atoms with Crippen molar-refractivity contribution in [2.45, 2.75) is 83.3 Å². The summed E-state index contributed by atoms with van der Waals surface area (Å²) >= 11 is 0. The summed E-state index contributed by atoms with van der Waals surface area (Å²) in [4.78, 5) is 89.6. The minimum atomic E-state index is -1.08. The van der Waals surface area contributed by atoms with Crippen LogP contribution in [0.25, 0.3) is 11.1 Å². The number of aryl methyl sites for hydroxylation is 1. The summed E-state index contributed by atoms with van der Waals surface area (Å²) in [7, 11) is 0. The van der Waals surface area contributed by atoms with Gasteiger partial charge in [0.25, 0.3) is 5.91 Å². The van der Waals surface area contributed by atoms with Crippen LogP contribution in [0.3, 0.4) is 0 Å². The molecule has 4 fully saturated rings. The van der Waals surface area contributed by atoms with E-state index in [1.54, 1.807) is 15.9 Å². The van der Waals surface area contributed by atoms with Gasteiger partial charge in [-0.15, -0.1) is 0 Å². The first kappa shape index (κ1) is 41.4. The summed E-state index contributed by atoms with van der Waals surface area (Å²) in [6.45, 7) is 7.64. The number of hydrogen-bond acceptors (Lipinski definition) is 10. The summed E-state index contributed by atoms with van der Waals surface area (Å²) in [6, 6.07) is 11.3. The molecule has 16 nitrogen and oxygen atoms in total. The number of carbonyl (C=O) groups excluding carboxylic acids is 5. The highest BCUT2D eigenvalue weighted by Crippen LogP contribution is 2.33. The van der Waals surface area contributed by atoms with Crippen LogP contribution in [0.1, 0.15) is 68.1 Å². The van der Waals surface area contributed by atoms with Gasteiger partial charge in [-0.25, -0.2) is 14.4 Å². The van der Waals surface area contributed by atoms with Crippen LogP contribution >= 0.6 is 0 Å². The van der Waals surface area contributed by atoms with Crippen molar-refractivity contribution < 1.29 is 37.9 Å². The highest BCUT2D eigenvalue weighted by Gasteiger charge is 2.37. The number of aromatic nitrogens is 1. The standard InChI is InChI=1S/C44H57N7O9/c1-29-25-30(26-36-40(29)46-43(56)59-36)27-37(60-44(57)50-20-13-34(14-21-50)51-22-12-33-5-2-3-6-35(33)45-42(51)55)41(54)49-18-10-32(11-19-49)31-8-16-47(17-9-31)28-39(53)58-24-23-48-15-4-7-38(48)52/h2-3,5-6,25-26,31-32,34,37H,4,7-24,27-28H2,1H3,(H,45,55)(H,46,56)/t37-/m1/s1. The van der Waals surface area contributed by atoms with E-state index in [0.29, 0.717) is 87.0 Å². The number of H-pyrrole nitrogens is 1. The van der Waals surface area contributed by atoms with Crippen LogP contribution in [0.15, 0.2) is 45.6 Å². The zero-order chi connectivity index (χ0) is 41.8. The van der Waals surface area contributed by atoms with Crippen molar-refractivity contribution in [2.24, 2.45) is 11.8 Å². The van der Waals surface area contributed by atoms with E-state index < -0.39 is 18.0 Å². The average molecular weight is 828 g/mol. The quantitative estimate of drug-likeness (QED) is 0.267. The minimum absolute atomic E-state index is 0.0277. The Balaban J connectivity index is 0.842. The largest absolute Gasteiger partial charge is 0.463 e. The third-order valence-corrected chi connectivity index (χ3v) is 13.3. The fraction of sp³-hybridized carbons (Fsp3) is 0.591. The molecule has 60 heavy (non-hydrogen) atoms. The first-order chi connectivity index (χ1) is 29.1. The second-order valence-electron chi connectivity index (χ2n) is 17.1. The summed E-state index contributed by atoms with van der Waals surface area (Å²) in [5.41, 5.74) is 4.41. The molecule has 6 heterocycles. The van der Waals surface area contributed by atoms with Gasteiger partial charge >= 0.3 is 23.8 Å². The van der Waals surface area contributed by atoms with E-state index in [0.717, 1.165) is 75.0 Å². The maximum Gasteiger partial charge on any atom is 0.417 e. The smallest absolute Gasteiger partial charge is 0.417 e. The third kappa shape index (κ3) is 9.64. The molecule has 2 aromatic carbocycles. The minimum Gasteiger partial charge on any atom is -0.463 e. The van der Waals surface area contributed by atoms with Crippen molar-refractivity contribution in [3.05, 3.63) is 63.6 Å². The van der Waals surface area contributed by atoms with Gasteiger partial charge in [0.1, 0.15) is 6.61 Å². The van der Waals surface area contributed by atoms with E-state index in [4.69, 9.17) is 13.9 Å². The first-order valence-electron chi connectivity index (χ1n) is 21.8. The van der Waals surface area contributed by atoms with Crippen LogP contribution in [-0.4, -0.2) is 144 Å².